The second-order valence-electron chi connectivity index (χ2n) is 6.51. The molecule has 0 radical (unpaired) electrons. The third kappa shape index (κ3) is 2.78. The molecule has 1 saturated heterocycles. The summed E-state index contributed by atoms with van der Waals surface area (Å²) < 4.78 is 10.0. The maximum absolute atomic E-state index is 6.06. The van der Waals surface area contributed by atoms with E-state index < -0.39 is 0 Å². The van der Waals surface area contributed by atoms with E-state index in [-0.39, 0.29) is 6.10 Å². The smallest absolute Gasteiger partial charge is 0.104 e. The molecular weight excluding hydrogens is 302 g/mol. The summed E-state index contributed by atoms with van der Waals surface area (Å²) in [6.07, 6.45) is 6.07. The zero-order chi connectivity index (χ0) is 16.5. The fourth-order valence-corrected chi connectivity index (χ4v) is 3.54. The topological polar surface area (TPSA) is 56.9 Å². The lowest BCUT2D eigenvalue weighted by molar-refractivity contribution is -0.0284. The molecule has 1 aliphatic heterocycles. The van der Waals surface area contributed by atoms with Crippen LogP contribution in [0.1, 0.15) is 24.6 Å². The van der Waals surface area contributed by atoms with Gasteiger partial charge in [-0.2, -0.15) is 5.10 Å². The Balaban J connectivity index is 1.49. The van der Waals surface area contributed by atoms with Crippen LogP contribution in [0.5, 0.6) is 0 Å². The molecule has 3 heterocycles. The Hall–Kier alpha value is -2.34. The summed E-state index contributed by atoms with van der Waals surface area (Å²) in [6, 6.07) is 8.40. The first-order chi connectivity index (χ1) is 11.7. The van der Waals surface area contributed by atoms with E-state index in [1.165, 1.54) is 0 Å². The molecule has 1 aliphatic rings. The second kappa shape index (κ2) is 6.28. The molecule has 24 heavy (non-hydrogen) atoms. The van der Waals surface area contributed by atoms with Crippen molar-refractivity contribution in [3.8, 4) is 0 Å². The Kier molecular flexibility index (Phi) is 3.98. The van der Waals surface area contributed by atoms with Gasteiger partial charge in [0.05, 0.1) is 23.1 Å². The van der Waals surface area contributed by atoms with Gasteiger partial charge in [0.2, 0.25) is 0 Å². The highest BCUT2D eigenvalue weighted by Crippen LogP contribution is 2.33. The third-order valence-electron chi connectivity index (χ3n) is 4.89. The molecule has 1 aromatic carbocycles. The molecule has 0 spiro atoms. The Bertz CT molecular complexity index is 837. The van der Waals surface area contributed by atoms with Gasteiger partial charge in [-0.1, -0.05) is 0 Å². The molecule has 0 bridgehead atoms. The van der Waals surface area contributed by atoms with Crippen LogP contribution >= 0.6 is 0 Å². The standard InChI is InChI=1S/C18H23N5O/c1-22-12-20-15-10-14(5-6-16(15)22)19-11-13-4-3-9-24-18(13)17-7-8-21-23(17)2/h5-8,10,12-13,18-19H,3-4,9,11H2,1-2H3/t13-,18+/m0/s1. The van der Waals surface area contributed by atoms with Crippen molar-refractivity contribution in [1.82, 2.24) is 19.3 Å². The number of aromatic nitrogens is 4. The highest BCUT2D eigenvalue weighted by Gasteiger charge is 2.29. The Morgan fingerprint density at radius 1 is 1.29 bits per heavy atom. The number of hydrogen-bond acceptors (Lipinski definition) is 4. The summed E-state index contributed by atoms with van der Waals surface area (Å²) in [5, 5.41) is 7.85. The van der Waals surface area contributed by atoms with Gasteiger partial charge in [0.1, 0.15) is 6.10 Å². The highest BCUT2D eigenvalue weighted by atomic mass is 16.5. The first-order valence-electron chi connectivity index (χ1n) is 8.47. The first-order valence-corrected chi connectivity index (χ1v) is 8.47. The van der Waals surface area contributed by atoms with E-state index in [0.29, 0.717) is 5.92 Å². The molecule has 2 atom stereocenters. The number of nitrogens with one attached hydrogen (secondary N) is 1. The average molecular weight is 325 g/mol. The quantitative estimate of drug-likeness (QED) is 0.801. The molecule has 2 aromatic heterocycles. The summed E-state index contributed by atoms with van der Waals surface area (Å²) >= 11 is 0. The van der Waals surface area contributed by atoms with E-state index in [4.69, 9.17) is 4.74 Å². The molecule has 3 aromatic rings. The van der Waals surface area contributed by atoms with Crippen LogP contribution in [0.4, 0.5) is 5.69 Å². The maximum Gasteiger partial charge on any atom is 0.104 e. The first kappa shape index (κ1) is 15.2. The molecule has 4 rings (SSSR count). The molecule has 0 unspecified atom stereocenters. The number of hydrogen-bond donors (Lipinski definition) is 1. The lowest BCUT2D eigenvalue weighted by Crippen LogP contribution is -2.29. The Labute approximate surface area is 141 Å². The van der Waals surface area contributed by atoms with Crippen LogP contribution in [0.2, 0.25) is 0 Å². The third-order valence-corrected chi connectivity index (χ3v) is 4.89. The normalized spacial score (nSPS) is 21.2. The van der Waals surface area contributed by atoms with E-state index in [2.05, 4.69) is 39.7 Å². The van der Waals surface area contributed by atoms with Gasteiger partial charge in [0, 0.05) is 45.0 Å². The van der Waals surface area contributed by atoms with Crippen molar-refractivity contribution >= 4 is 16.7 Å². The maximum atomic E-state index is 6.06. The van der Waals surface area contributed by atoms with Crippen molar-refractivity contribution in [2.75, 3.05) is 18.5 Å². The van der Waals surface area contributed by atoms with Gasteiger partial charge in [-0.15, -0.1) is 0 Å². The van der Waals surface area contributed by atoms with E-state index >= 15 is 0 Å². The fraction of sp³-hybridized carbons (Fsp3) is 0.444. The van der Waals surface area contributed by atoms with Gasteiger partial charge in [-0.05, 0) is 37.1 Å². The zero-order valence-electron chi connectivity index (χ0n) is 14.1. The molecule has 1 fully saturated rings. The van der Waals surface area contributed by atoms with Crippen molar-refractivity contribution in [1.29, 1.82) is 0 Å². The second-order valence-corrected chi connectivity index (χ2v) is 6.51. The summed E-state index contributed by atoms with van der Waals surface area (Å²) in [7, 11) is 3.99. The average Bonchev–Trinajstić information content (AvgIpc) is 3.19. The van der Waals surface area contributed by atoms with Gasteiger partial charge >= 0.3 is 0 Å². The number of ether oxygens (including phenoxy) is 1. The fourth-order valence-electron chi connectivity index (χ4n) is 3.54. The van der Waals surface area contributed by atoms with Crippen LogP contribution < -0.4 is 5.32 Å². The minimum Gasteiger partial charge on any atom is -0.385 e. The predicted molar refractivity (Wildman–Crippen MR) is 93.8 cm³/mol. The van der Waals surface area contributed by atoms with Gasteiger partial charge in [-0.3, -0.25) is 4.68 Å². The lowest BCUT2D eigenvalue weighted by atomic mass is 9.92. The number of nitrogens with zero attached hydrogens (tertiary/aromatic N) is 4. The van der Waals surface area contributed by atoms with Crippen LogP contribution in [-0.2, 0) is 18.8 Å². The largest absolute Gasteiger partial charge is 0.385 e. The van der Waals surface area contributed by atoms with Gasteiger partial charge in [0.15, 0.2) is 0 Å². The van der Waals surface area contributed by atoms with Crippen molar-refractivity contribution < 1.29 is 4.74 Å². The minimum atomic E-state index is 0.109. The van der Waals surface area contributed by atoms with E-state index in [0.717, 1.165) is 48.4 Å². The predicted octanol–water partition coefficient (Wildman–Crippen LogP) is 2.89. The highest BCUT2D eigenvalue weighted by molar-refractivity contribution is 5.79. The SMILES string of the molecule is Cn1nccc1[C@@H]1OCCC[C@H]1CNc1ccc2c(c1)ncn2C. The van der Waals surface area contributed by atoms with E-state index in [1.807, 2.05) is 35.9 Å². The Morgan fingerprint density at radius 2 is 2.21 bits per heavy atom. The van der Waals surface area contributed by atoms with Gasteiger partial charge in [-0.25, -0.2) is 4.98 Å². The molecule has 0 amide bonds. The van der Waals surface area contributed by atoms with E-state index in [9.17, 15) is 0 Å². The van der Waals surface area contributed by atoms with Gasteiger partial charge in [0.25, 0.3) is 0 Å². The molecule has 6 nitrogen and oxygen atoms in total. The lowest BCUT2D eigenvalue weighted by Gasteiger charge is -2.32. The van der Waals surface area contributed by atoms with Crippen molar-refractivity contribution in [2.45, 2.75) is 18.9 Å². The molecule has 0 saturated carbocycles. The van der Waals surface area contributed by atoms with Crippen LogP contribution in [-0.4, -0.2) is 32.5 Å². The molecule has 6 heteroatoms. The summed E-state index contributed by atoms with van der Waals surface area (Å²) in [5.74, 6) is 0.438. The molecular formula is C18H23N5O. The summed E-state index contributed by atoms with van der Waals surface area (Å²) in [5.41, 5.74) is 4.43. The number of anilines is 1. The minimum absolute atomic E-state index is 0.109. The number of rotatable bonds is 4. The zero-order valence-corrected chi connectivity index (χ0v) is 14.1. The monoisotopic (exact) mass is 325 g/mol. The van der Waals surface area contributed by atoms with Crippen LogP contribution in [0.25, 0.3) is 11.0 Å². The number of fused-ring (bicyclic) bond motifs is 1. The number of aryl methyl sites for hydroxylation is 2. The van der Waals surface area contributed by atoms with Crippen LogP contribution in [0.3, 0.4) is 0 Å². The number of benzene rings is 1. The van der Waals surface area contributed by atoms with Crippen molar-refractivity contribution in [3.63, 3.8) is 0 Å². The van der Waals surface area contributed by atoms with Crippen LogP contribution in [0.15, 0.2) is 36.8 Å². The van der Waals surface area contributed by atoms with E-state index in [1.54, 1.807) is 0 Å². The van der Waals surface area contributed by atoms with Crippen LogP contribution in [0, 0.1) is 5.92 Å². The van der Waals surface area contributed by atoms with Crippen molar-refractivity contribution in [2.24, 2.45) is 20.0 Å². The summed E-state index contributed by atoms with van der Waals surface area (Å²) in [4.78, 5) is 4.43. The van der Waals surface area contributed by atoms with Gasteiger partial charge < -0.3 is 14.6 Å². The number of imidazole rings is 1. The van der Waals surface area contributed by atoms with Crippen molar-refractivity contribution in [3.05, 3.63) is 42.5 Å². The summed E-state index contributed by atoms with van der Waals surface area (Å²) in [6.45, 7) is 1.71. The molecule has 1 N–H and O–H groups in total. The molecule has 126 valence electrons. The molecule has 0 aliphatic carbocycles. The Morgan fingerprint density at radius 3 is 3.04 bits per heavy atom.